The number of carboxylic acids is 1. The van der Waals surface area contributed by atoms with Gasteiger partial charge in [0.25, 0.3) is 0 Å². The SMILES string of the molecule is NS(=O)(=O)c1cn(CC(=O)O)c2ccc(F)cc12. The van der Waals surface area contributed by atoms with Gasteiger partial charge < -0.3 is 9.67 Å². The Kier molecular flexibility index (Phi) is 2.83. The normalized spacial score (nSPS) is 11.9. The molecule has 1 heterocycles. The molecule has 0 amide bonds. The summed E-state index contributed by atoms with van der Waals surface area (Å²) < 4.78 is 37.0. The highest BCUT2D eigenvalue weighted by Gasteiger charge is 2.18. The molecule has 96 valence electrons. The average molecular weight is 272 g/mol. The fourth-order valence-electron chi connectivity index (χ4n) is 1.74. The molecule has 0 saturated carbocycles. The van der Waals surface area contributed by atoms with Crippen LogP contribution in [0.5, 0.6) is 0 Å². The third kappa shape index (κ3) is 2.20. The number of carboxylic acid groups (broad SMARTS) is 1. The van der Waals surface area contributed by atoms with Gasteiger partial charge >= 0.3 is 5.97 Å². The summed E-state index contributed by atoms with van der Waals surface area (Å²) in [5.74, 6) is -1.77. The highest BCUT2D eigenvalue weighted by Crippen LogP contribution is 2.25. The number of fused-ring (bicyclic) bond motifs is 1. The van der Waals surface area contributed by atoms with Gasteiger partial charge in [0, 0.05) is 11.6 Å². The van der Waals surface area contributed by atoms with Gasteiger partial charge in [-0.1, -0.05) is 0 Å². The largest absolute Gasteiger partial charge is 0.480 e. The molecule has 0 radical (unpaired) electrons. The van der Waals surface area contributed by atoms with Gasteiger partial charge in [-0.05, 0) is 18.2 Å². The van der Waals surface area contributed by atoms with Crippen LogP contribution in [0, 0.1) is 5.82 Å². The number of nitrogens with two attached hydrogens (primary N) is 1. The molecule has 0 atom stereocenters. The molecule has 0 aliphatic rings. The zero-order chi connectivity index (χ0) is 13.5. The molecule has 8 heteroatoms. The number of nitrogens with zero attached hydrogens (tertiary/aromatic N) is 1. The summed E-state index contributed by atoms with van der Waals surface area (Å²) in [7, 11) is -4.04. The van der Waals surface area contributed by atoms with Crippen molar-refractivity contribution in [1.29, 1.82) is 0 Å². The molecule has 3 N–H and O–H groups in total. The predicted molar refractivity (Wildman–Crippen MR) is 60.9 cm³/mol. The number of sulfonamides is 1. The fraction of sp³-hybridized carbons (Fsp3) is 0.100. The predicted octanol–water partition coefficient (Wildman–Crippen LogP) is 0.512. The lowest BCUT2D eigenvalue weighted by Crippen LogP contribution is -2.12. The van der Waals surface area contributed by atoms with Crippen LogP contribution >= 0.6 is 0 Å². The van der Waals surface area contributed by atoms with Crippen molar-refractivity contribution in [2.24, 2.45) is 5.14 Å². The van der Waals surface area contributed by atoms with Gasteiger partial charge in [0.15, 0.2) is 0 Å². The fourth-order valence-corrected chi connectivity index (χ4v) is 2.48. The maximum atomic E-state index is 13.1. The molecule has 0 unspecified atom stereocenters. The first-order valence-corrected chi connectivity index (χ1v) is 6.36. The van der Waals surface area contributed by atoms with Crippen LogP contribution in [-0.4, -0.2) is 24.1 Å². The van der Waals surface area contributed by atoms with Crippen LogP contribution in [0.3, 0.4) is 0 Å². The topological polar surface area (TPSA) is 102 Å². The van der Waals surface area contributed by atoms with Crippen LogP contribution in [0.1, 0.15) is 0 Å². The van der Waals surface area contributed by atoms with Crippen molar-refractivity contribution in [2.75, 3.05) is 0 Å². The van der Waals surface area contributed by atoms with Gasteiger partial charge in [0.05, 0.1) is 5.52 Å². The van der Waals surface area contributed by atoms with Crippen molar-refractivity contribution in [1.82, 2.24) is 4.57 Å². The lowest BCUT2D eigenvalue weighted by molar-refractivity contribution is -0.137. The molecule has 2 rings (SSSR count). The van der Waals surface area contributed by atoms with Gasteiger partial charge in [0.2, 0.25) is 10.0 Å². The smallest absolute Gasteiger partial charge is 0.323 e. The van der Waals surface area contributed by atoms with Gasteiger partial charge in [-0.15, -0.1) is 0 Å². The lowest BCUT2D eigenvalue weighted by atomic mass is 10.2. The monoisotopic (exact) mass is 272 g/mol. The van der Waals surface area contributed by atoms with E-state index in [-0.39, 0.29) is 10.3 Å². The van der Waals surface area contributed by atoms with E-state index in [0.29, 0.717) is 5.52 Å². The van der Waals surface area contributed by atoms with Gasteiger partial charge in [-0.2, -0.15) is 0 Å². The van der Waals surface area contributed by atoms with E-state index in [1.165, 1.54) is 10.6 Å². The summed E-state index contributed by atoms with van der Waals surface area (Å²) in [6.45, 7) is -0.433. The van der Waals surface area contributed by atoms with Crippen LogP contribution in [0.25, 0.3) is 10.9 Å². The Labute approximate surface area is 101 Å². The van der Waals surface area contributed by atoms with Crippen LogP contribution < -0.4 is 5.14 Å². The minimum atomic E-state index is -4.04. The molecule has 0 spiro atoms. The van der Waals surface area contributed by atoms with E-state index in [2.05, 4.69) is 0 Å². The molecule has 0 bridgehead atoms. The Hall–Kier alpha value is -1.93. The molecule has 2 aromatic rings. The van der Waals surface area contributed by atoms with E-state index in [9.17, 15) is 17.6 Å². The quantitative estimate of drug-likeness (QED) is 0.849. The number of carbonyl (C=O) groups is 1. The number of aliphatic carboxylic acids is 1. The Morgan fingerprint density at radius 3 is 2.67 bits per heavy atom. The molecule has 1 aromatic carbocycles. The first-order chi connectivity index (χ1) is 8.29. The van der Waals surface area contributed by atoms with Crippen LogP contribution in [0.4, 0.5) is 4.39 Å². The summed E-state index contributed by atoms with van der Waals surface area (Å²) >= 11 is 0. The van der Waals surface area contributed by atoms with E-state index in [4.69, 9.17) is 10.2 Å². The zero-order valence-corrected chi connectivity index (χ0v) is 9.82. The summed E-state index contributed by atoms with van der Waals surface area (Å²) in [6, 6.07) is 3.43. The zero-order valence-electron chi connectivity index (χ0n) is 9.00. The number of rotatable bonds is 3. The van der Waals surface area contributed by atoms with Gasteiger partial charge in [-0.3, -0.25) is 4.79 Å². The second kappa shape index (κ2) is 4.07. The number of halogens is 1. The van der Waals surface area contributed by atoms with E-state index in [1.54, 1.807) is 0 Å². The van der Waals surface area contributed by atoms with Crippen molar-refractivity contribution >= 4 is 26.9 Å². The Balaban J connectivity index is 2.79. The highest BCUT2D eigenvalue weighted by molar-refractivity contribution is 7.89. The molecule has 0 saturated heterocycles. The standard InChI is InChI=1S/C10H9FN2O4S/c11-6-1-2-8-7(3-6)9(18(12,16)17)4-13(8)5-10(14)15/h1-4H,5H2,(H,14,15)(H2,12,16,17). The molecule has 6 nitrogen and oxygen atoms in total. The van der Waals surface area contributed by atoms with E-state index >= 15 is 0 Å². The molecule has 1 aromatic heterocycles. The first kappa shape index (κ1) is 12.5. The van der Waals surface area contributed by atoms with Crippen molar-refractivity contribution < 1.29 is 22.7 Å². The van der Waals surface area contributed by atoms with Crippen molar-refractivity contribution in [3.63, 3.8) is 0 Å². The third-order valence-corrected chi connectivity index (χ3v) is 3.36. The maximum absolute atomic E-state index is 13.1. The van der Waals surface area contributed by atoms with Gasteiger partial charge in [-0.25, -0.2) is 17.9 Å². The highest BCUT2D eigenvalue weighted by atomic mass is 32.2. The molecule has 0 fully saturated rings. The number of benzene rings is 1. The average Bonchev–Trinajstić information content (AvgIpc) is 2.55. The molecule has 0 aliphatic heterocycles. The van der Waals surface area contributed by atoms with Crippen LogP contribution in [0.15, 0.2) is 29.3 Å². The minimum absolute atomic E-state index is 0.0683. The second-order valence-corrected chi connectivity index (χ2v) is 5.25. The Morgan fingerprint density at radius 1 is 1.44 bits per heavy atom. The first-order valence-electron chi connectivity index (χ1n) is 4.82. The summed E-state index contributed by atoms with van der Waals surface area (Å²) in [6.07, 6.45) is 1.09. The molecular formula is C10H9FN2O4S. The van der Waals surface area contributed by atoms with Crippen molar-refractivity contribution in [2.45, 2.75) is 11.4 Å². The number of aromatic nitrogens is 1. The summed E-state index contributed by atoms with van der Waals surface area (Å²) in [4.78, 5) is 10.4. The van der Waals surface area contributed by atoms with Crippen LogP contribution in [0.2, 0.25) is 0 Å². The Morgan fingerprint density at radius 2 is 2.11 bits per heavy atom. The van der Waals surface area contributed by atoms with Crippen molar-refractivity contribution in [3.05, 3.63) is 30.2 Å². The number of hydrogen-bond donors (Lipinski definition) is 2. The minimum Gasteiger partial charge on any atom is -0.480 e. The van der Waals surface area contributed by atoms with Gasteiger partial charge in [0.1, 0.15) is 17.3 Å². The number of primary sulfonamides is 1. The number of hydrogen-bond acceptors (Lipinski definition) is 3. The van der Waals surface area contributed by atoms with Crippen LogP contribution in [-0.2, 0) is 21.4 Å². The van der Waals surface area contributed by atoms with E-state index in [1.807, 2.05) is 0 Å². The van der Waals surface area contributed by atoms with E-state index in [0.717, 1.165) is 18.3 Å². The third-order valence-electron chi connectivity index (χ3n) is 2.42. The summed E-state index contributed by atoms with van der Waals surface area (Å²) in [5.41, 5.74) is 0.294. The molecule has 18 heavy (non-hydrogen) atoms. The molecule has 0 aliphatic carbocycles. The summed E-state index contributed by atoms with van der Waals surface area (Å²) in [5, 5.41) is 13.8. The maximum Gasteiger partial charge on any atom is 0.323 e. The Bertz CT molecular complexity index is 736. The van der Waals surface area contributed by atoms with Crippen molar-refractivity contribution in [3.8, 4) is 0 Å². The van der Waals surface area contributed by atoms with E-state index < -0.39 is 28.4 Å². The molecular weight excluding hydrogens is 263 g/mol. The second-order valence-electron chi connectivity index (χ2n) is 3.72. The lowest BCUT2D eigenvalue weighted by Gasteiger charge is -2.00.